The van der Waals surface area contributed by atoms with Gasteiger partial charge in [0, 0.05) is 37.4 Å². The third kappa shape index (κ3) is 2.73. The molecule has 104 valence electrons. The lowest BCUT2D eigenvalue weighted by Crippen LogP contribution is -2.18. The van der Waals surface area contributed by atoms with Crippen LogP contribution in [0.25, 0.3) is 0 Å². The molecule has 1 saturated heterocycles. The molecule has 0 radical (unpaired) electrons. The standard InChI is InChI=1S/C15H23N3O/c1-16-15-12-5-3-2-4-6-13(12)17-14(18-15)11-7-9-19-10-8-11/h11H,2-10H2,1H3,(H,16,17,18). The van der Waals surface area contributed by atoms with E-state index < -0.39 is 0 Å². The second-order valence-corrected chi connectivity index (χ2v) is 5.55. The Morgan fingerprint density at radius 3 is 2.63 bits per heavy atom. The Balaban J connectivity index is 1.94. The Labute approximate surface area is 115 Å². The Morgan fingerprint density at radius 2 is 1.84 bits per heavy atom. The van der Waals surface area contributed by atoms with Gasteiger partial charge in [-0.1, -0.05) is 6.42 Å². The van der Waals surface area contributed by atoms with Crippen LogP contribution in [0.1, 0.15) is 55.1 Å². The summed E-state index contributed by atoms with van der Waals surface area (Å²) in [5.41, 5.74) is 2.65. The van der Waals surface area contributed by atoms with Gasteiger partial charge in [0.05, 0.1) is 0 Å². The number of hydrogen-bond donors (Lipinski definition) is 1. The highest BCUT2D eigenvalue weighted by Crippen LogP contribution is 2.30. The molecule has 4 heteroatoms. The van der Waals surface area contributed by atoms with Crippen molar-refractivity contribution < 1.29 is 4.74 Å². The van der Waals surface area contributed by atoms with Crippen molar-refractivity contribution in [1.29, 1.82) is 0 Å². The van der Waals surface area contributed by atoms with Gasteiger partial charge < -0.3 is 10.1 Å². The van der Waals surface area contributed by atoms with Gasteiger partial charge in [0.15, 0.2) is 0 Å². The third-order valence-electron chi connectivity index (χ3n) is 4.27. The van der Waals surface area contributed by atoms with Gasteiger partial charge in [0.1, 0.15) is 11.6 Å². The molecule has 0 saturated carbocycles. The Morgan fingerprint density at radius 1 is 1.05 bits per heavy atom. The van der Waals surface area contributed by atoms with Crippen LogP contribution in [0.5, 0.6) is 0 Å². The molecule has 4 nitrogen and oxygen atoms in total. The van der Waals surface area contributed by atoms with Crippen LogP contribution in [0.4, 0.5) is 5.82 Å². The maximum Gasteiger partial charge on any atom is 0.134 e. The molecule has 1 aromatic heterocycles. The van der Waals surface area contributed by atoms with Gasteiger partial charge in [-0.15, -0.1) is 0 Å². The van der Waals surface area contributed by atoms with Crippen LogP contribution in [-0.2, 0) is 17.6 Å². The first-order valence-corrected chi connectivity index (χ1v) is 7.53. The van der Waals surface area contributed by atoms with E-state index in [4.69, 9.17) is 14.7 Å². The van der Waals surface area contributed by atoms with E-state index in [1.807, 2.05) is 7.05 Å². The van der Waals surface area contributed by atoms with Crippen molar-refractivity contribution in [1.82, 2.24) is 9.97 Å². The number of aryl methyl sites for hydroxylation is 1. The molecule has 19 heavy (non-hydrogen) atoms. The summed E-state index contributed by atoms with van der Waals surface area (Å²) in [4.78, 5) is 9.69. The molecule has 1 aromatic rings. The maximum absolute atomic E-state index is 5.44. The summed E-state index contributed by atoms with van der Waals surface area (Å²) in [6, 6.07) is 0. The molecule has 1 N–H and O–H groups in total. The van der Waals surface area contributed by atoms with Gasteiger partial charge in [0.2, 0.25) is 0 Å². The highest BCUT2D eigenvalue weighted by atomic mass is 16.5. The molecule has 0 amide bonds. The normalized spacial score (nSPS) is 20.7. The lowest BCUT2D eigenvalue weighted by atomic mass is 9.98. The predicted octanol–water partition coefficient (Wildman–Crippen LogP) is 2.68. The van der Waals surface area contributed by atoms with Crippen LogP contribution in [0.2, 0.25) is 0 Å². The molecule has 1 aliphatic carbocycles. The van der Waals surface area contributed by atoms with Crippen molar-refractivity contribution >= 4 is 5.82 Å². The molecule has 2 aliphatic rings. The average molecular weight is 261 g/mol. The average Bonchev–Trinajstić information content (AvgIpc) is 2.72. The molecule has 0 spiro atoms. The zero-order valence-electron chi connectivity index (χ0n) is 11.7. The number of nitrogens with zero attached hydrogens (tertiary/aromatic N) is 2. The van der Waals surface area contributed by atoms with Crippen LogP contribution in [0.15, 0.2) is 0 Å². The summed E-state index contributed by atoms with van der Waals surface area (Å²) >= 11 is 0. The number of nitrogens with one attached hydrogen (secondary N) is 1. The Hall–Kier alpha value is -1.16. The molecule has 2 heterocycles. The largest absolute Gasteiger partial charge is 0.381 e. The number of anilines is 1. The second-order valence-electron chi connectivity index (χ2n) is 5.55. The number of rotatable bonds is 2. The second kappa shape index (κ2) is 5.87. The minimum Gasteiger partial charge on any atom is -0.381 e. The highest BCUT2D eigenvalue weighted by Gasteiger charge is 2.22. The monoisotopic (exact) mass is 261 g/mol. The maximum atomic E-state index is 5.44. The topological polar surface area (TPSA) is 47.0 Å². The summed E-state index contributed by atoms with van der Waals surface area (Å²) in [6.45, 7) is 1.69. The van der Waals surface area contributed by atoms with E-state index in [0.717, 1.165) is 50.5 Å². The zero-order chi connectivity index (χ0) is 13.1. The van der Waals surface area contributed by atoms with Crippen molar-refractivity contribution in [2.45, 2.75) is 50.9 Å². The minimum atomic E-state index is 0.481. The fraction of sp³-hybridized carbons (Fsp3) is 0.733. The lowest BCUT2D eigenvalue weighted by Gasteiger charge is -2.22. The van der Waals surface area contributed by atoms with E-state index in [1.165, 1.54) is 30.5 Å². The molecule has 1 fully saturated rings. The van der Waals surface area contributed by atoms with Gasteiger partial charge in [-0.25, -0.2) is 9.97 Å². The number of fused-ring (bicyclic) bond motifs is 1. The van der Waals surface area contributed by atoms with Crippen LogP contribution < -0.4 is 5.32 Å². The molecule has 1 aliphatic heterocycles. The van der Waals surface area contributed by atoms with Crippen molar-refractivity contribution in [3.63, 3.8) is 0 Å². The highest BCUT2D eigenvalue weighted by molar-refractivity contribution is 5.47. The first kappa shape index (κ1) is 12.9. The summed E-state index contributed by atoms with van der Waals surface area (Å²) in [7, 11) is 1.97. The van der Waals surface area contributed by atoms with E-state index in [1.54, 1.807) is 0 Å². The van der Waals surface area contributed by atoms with Gasteiger partial charge in [-0.2, -0.15) is 0 Å². The van der Waals surface area contributed by atoms with E-state index in [9.17, 15) is 0 Å². The SMILES string of the molecule is CNc1nc(C2CCOCC2)nc2c1CCCCC2. The van der Waals surface area contributed by atoms with Gasteiger partial charge in [-0.3, -0.25) is 0 Å². The fourth-order valence-corrected chi connectivity index (χ4v) is 3.14. The molecular weight excluding hydrogens is 238 g/mol. The van der Waals surface area contributed by atoms with Crippen LogP contribution in [0, 0.1) is 0 Å². The molecule has 3 rings (SSSR count). The molecule has 0 bridgehead atoms. The fourth-order valence-electron chi connectivity index (χ4n) is 3.14. The van der Waals surface area contributed by atoms with Gasteiger partial charge in [0.25, 0.3) is 0 Å². The summed E-state index contributed by atoms with van der Waals surface area (Å²) in [5.74, 6) is 2.58. The van der Waals surface area contributed by atoms with Crippen LogP contribution in [-0.4, -0.2) is 30.2 Å². The molecule has 0 atom stereocenters. The van der Waals surface area contributed by atoms with Crippen molar-refractivity contribution in [2.75, 3.05) is 25.6 Å². The third-order valence-corrected chi connectivity index (χ3v) is 4.27. The van der Waals surface area contributed by atoms with Crippen molar-refractivity contribution in [2.24, 2.45) is 0 Å². The number of aromatic nitrogens is 2. The first-order chi connectivity index (χ1) is 9.38. The summed E-state index contributed by atoms with van der Waals surface area (Å²) in [6.07, 6.45) is 8.19. The van der Waals surface area contributed by atoms with Gasteiger partial charge in [-0.05, 0) is 38.5 Å². The summed E-state index contributed by atoms with van der Waals surface area (Å²) in [5, 5.41) is 3.28. The number of ether oxygens (including phenoxy) is 1. The Bertz CT molecular complexity index is 441. The van der Waals surface area contributed by atoms with Crippen LogP contribution in [0.3, 0.4) is 0 Å². The molecule has 0 unspecified atom stereocenters. The molecular formula is C15H23N3O. The predicted molar refractivity (Wildman–Crippen MR) is 75.6 cm³/mol. The van der Waals surface area contributed by atoms with E-state index >= 15 is 0 Å². The van der Waals surface area contributed by atoms with E-state index in [0.29, 0.717) is 5.92 Å². The molecule has 0 aromatic carbocycles. The first-order valence-electron chi connectivity index (χ1n) is 7.53. The van der Waals surface area contributed by atoms with E-state index in [2.05, 4.69) is 5.32 Å². The quantitative estimate of drug-likeness (QED) is 0.831. The number of hydrogen-bond acceptors (Lipinski definition) is 4. The smallest absolute Gasteiger partial charge is 0.134 e. The summed E-state index contributed by atoms with van der Waals surface area (Å²) < 4.78 is 5.44. The van der Waals surface area contributed by atoms with E-state index in [-0.39, 0.29) is 0 Å². The van der Waals surface area contributed by atoms with Gasteiger partial charge >= 0.3 is 0 Å². The van der Waals surface area contributed by atoms with Crippen molar-refractivity contribution in [3.05, 3.63) is 17.1 Å². The lowest BCUT2D eigenvalue weighted by molar-refractivity contribution is 0.0835. The zero-order valence-corrected chi connectivity index (χ0v) is 11.7. The van der Waals surface area contributed by atoms with Crippen molar-refractivity contribution in [3.8, 4) is 0 Å². The van der Waals surface area contributed by atoms with Crippen LogP contribution >= 0.6 is 0 Å². The minimum absolute atomic E-state index is 0.481. The Kier molecular flexibility index (Phi) is 3.97.